The molecule has 8 heteroatoms. The van der Waals surface area contributed by atoms with Gasteiger partial charge in [-0.25, -0.2) is 4.98 Å². The second-order valence-electron chi connectivity index (χ2n) is 6.28. The van der Waals surface area contributed by atoms with Gasteiger partial charge in [0.15, 0.2) is 5.13 Å². The zero-order chi connectivity index (χ0) is 17.9. The van der Waals surface area contributed by atoms with E-state index in [4.69, 9.17) is 11.6 Å². The molecule has 6 nitrogen and oxygen atoms in total. The van der Waals surface area contributed by atoms with Gasteiger partial charge in [0.05, 0.1) is 17.9 Å². The van der Waals surface area contributed by atoms with E-state index in [-0.39, 0.29) is 11.9 Å². The summed E-state index contributed by atoms with van der Waals surface area (Å²) in [5, 5.41) is 12.9. The van der Waals surface area contributed by atoms with Crippen LogP contribution in [-0.2, 0) is 6.54 Å². The maximum Gasteiger partial charge on any atom is 0.257 e. The SMILES string of the molecule is O=C(Nc1nc([C@@H]2CCCN2Cc2cn[nH]c2)cs1)c1cccc(Cl)c1. The number of aromatic amines is 1. The van der Waals surface area contributed by atoms with Gasteiger partial charge in [-0.15, -0.1) is 11.3 Å². The summed E-state index contributed by atoms with van der Waals surface area (Å²) in [5.74, 6) is -0.199. The van der Waals surface area contributed by atoms with Crippen molar-refractivity contribution in [2.45, 2.75) is 25.4 Å². The number of amides is 1. The molecule has 0 spiro atoms. The van der Waals surface area contributed by atoms with E-state index in [0.29, 0.717) is 15.7 Å². The maximum atomic E-state index is 12.3. The maximum absolute atomic E-state index is 12.3. The molecule has 0 bridgehead atoms. The molecular formula is C18H18ClN5OS. The third-order valence-electron chi connectivity index (χ3n) is 4.47. The normalized spacial score (nSPS) is 17.5. The van der Waals surface area contributed by atoms with Gasteiger partial charge in [-0.3, -0.25) is 20.1 Å². The molecule has 1 saturated heterocycles. The first-order chi connectivity index (χ1) is 12.7. The molecule has 2 aromatic heterocycles. The van der Waals surface area contributed by atoms with Crippen molar-refractivity contribution in [3.05, 3.63) is 63.9 Å². The van der Waals surface area contributed by atoms with Crippen molar-refractivity contribution in [2.75, 3.05) is 11.9 Å². The van der Waals surface area contributed by atoms with Gasteiger partial charge < -0.3 is 0 Å². The van der Waals surface area contributed by atoms with Crippen LogP contribution in [0.1, 0.15) is 40.5 Å². The van der Waals surface area contributed by atoms with E-state index >= 15 is 0 Å². The minimum Gasteiger partial charge on any atom is -0.298 e. The minimum atomic E-state index is -0.199. The molecule has 1 aliphatic heterocycles. The van der Waals surface area contributed by atoms with Crippen molar-refractivity contribution in [1.82, 2.24) is 20.1 Å². The number of H-pyrrole nitrogens is 1. The van der Waals surface area contributed by atoms with E-state index in [1.807, 2.05) is 17.8 Å². The van der Waals surface area contributed by atoms with Crippen LogP contribution in [0.15, 0.2) is 42.0 Å². The number of aromatic nitrogens is 3. The quantitative estimate of drug-likeness (QED) is 0.690. The van der Waals surface area contributed by atoms with Crippen LogP contribution in [-0.4, -0.2) is 32.5 Å². The van der Waals surface area contributed by atoms with Crippen LogP contribution in [0.5, 0.6) is 0 Å². The standard InChI is InChI=1S/C18H18ClN5OS/c19-14-4-1-3-13(7-14)17(25)23-18-22-15(11-26-18)16-5-2-6-24(16)10-12-8-20-21-9-12/h1,3-4,7-9,11,16H,2,5-6,10H2,(H,20,21)(H,22,23,25)/t16-/m0/s1. The first kappa shape index (κ1) is 17.2. The summed E-state index contributed by atoms with van der Waals surface area (Å²) < 4.78 is 0. The molecule has 0 aliphatic carbocycles. The van der Waals surface area contributed by atoms with Gasteiger partial charge in [-0.2, -0.15) is 5.10 Å². The zero-order valence-corrected chi connectivity index (χ0v) is 15.6. The summed E-state index contributed by atoms with van der Waals surface area (Å²) in [6.45, 7) is 1.89. The van der Waals surface area contributed by atoms with E-state index in [2.05, 4.69) is 25.4 Å². The summed E-state index contributed by atoms with van der Waals surface area (Å²) in [7, 11) is 0. The Hall–Kier alpha value is -2.22. The smallest absolute Gasteiger partial charge is 0.257 e. The third kappa shape index (κ3) is 3.80. The minimum absolute atomic E-state index is 0.199. The Morgan fingerprint density at radius 1 is 1.46 bits per heavy atom. The molecule has 3 aromatic rings. The largest absolute Gasteiger partial charge is 0.298 e. The highest BCUT2D eigenvalue weighted by Gasteiger charge is 2.28. The molecule has 0 radical (unpaired) electrons. The molecule has 1 aliphatic rings. The predicted molar refractivity (Wildman–Crippen MR) is 102 cm³/mol. The summed E-state index contributed by atoms with van der Waals surface area (Å²) in [5.41, 5.74) is 2.70. The lowest BCUT2D eigenvalue weighted by Gasteiger charge is -2.22. The van der Waals surface area contributed by atoms with Crippen molar-refractivity contribution in [2.24, 2.45) is 0 Å². The Bertz CT molecular complexity index is 895. The molecule has 0 saturated carbocycles. The summed E-state index contributed by atoms with van der Waals surface area (Å²) in [6, 6.07) is 7.16. The molecule has 1 fully saturated rings. The van der Waals surface area contributed by atoms with Gasteiger partial charge in [0, 0.05) is 34.3 Å². The fourth-order valence-corrected chi connectivity index (χ4v) is 4.19. The number of benzene rings is 1. The first-order valence-electron chi connectivity index (χ1n) is 8.43. The Labute approximate surface area is 160 Å². The number of likely N-dealkylation sites (tertiary alicyclic amines) is 1. The highest BCUT2D eigenvalue weighted by molar-refractivity contribution is 7.14. The van der Waals surface area contributed by atoms with E-state index < -0.39 is 0 Å². The van der Waals surface area contributed by atoms with Crippen LogP contribution in [0.4, 0.5) is 5.13 Å². The number of carbonyl (C=O) groups is 1. The fourth-order valence-electron chi connectivity index (χ4n) is 3.24. The lowest BCUT2D eigenvalue weighted by atomic mass is 10.1. The zero-order valence-electron chi connectivity index (χ0n) is 14.0. The molecular weight excluding hydrogens is 370 g/mol. The predicted octanol–water partition coefficient (Wildman–Crippen LogP) is 4.11. The molecule has 1 aromatic carbocycles. The number of halogens is 1. The number of hydrogen-bond acceptors (Lipinski definition) is 5. The van der Waals surface area contributed by atoms with Crippen LogP contribution in [0.2, 0.25) is 5.02 Å². The van der Waals surface area contributed by atoms with Gasteiger partial charge in [0.25, 0.3) is 5.91 Å². The molecule has 134 valence electrons. The van der Waals surface area contributed by atoms with Crippen molar-refractivity contribution in [3.63, 3.8) is 0 Å². The Morgan fingerprint density at radius 2 is 2.38 bits per heavy atom. The average Bonchev–Trinajstić information content (AvgIpc) is 3.37. The molecule has 4 rings (SSSR count). The highest BCUT2D eigenvalue weighted by Crippen LogP contribution is 2.34. The second-order valence-corrected chi connectivity index (χ2v) is 7.57. The van der Waals surface area contributed by atoms with Gasteiger partial charge in [0.2, 0.25) is 0 Å². The summed E-state index contributed by atoms with van der Waals surface area (Å²) in [6.07, 6.45) is 5.99. The number of carbonyl (C=O) groups excluding carboxylic acids is 1. The van der Waals surface area contributed by atoms with Gasteiger partial charge >= 0.3 is 0 Å². The Morgan fingerprint density at radius 3 is 3.19 bits per heavy atom. The molecule has 0 unspecified atom stereocenters. The monoisotopic (exact) mass is 387 g/mol. The van der Waals surface area contributed by atoms with Gasteiger partial charge in [-0.05, 0) is 37.6 Å². The van der Waals surface area contributed by atoms with Crippen LogP contribution < -0.4 is 5.32 Å². The van der Waals surface area contributed by atoms with Crippen molar-refractivity contribution >= 4 is 34.0 Å². The molecule has 1 amide bonds. The molecule has 3 heterocycles. The van der Waals surface area contributed by atoms with E-state index in [9.17, 15) is 4.79 Å². The third-order valence-corrected chi connectivity index (χ3v) is 5.49. The topological polar surface area (TPSA) is 73.9 Å². The van der Waals surface area contributed by atoms with Gasteiger partial charge in [0.1, 0.15) is 0 Å². The van der Waals surface area contributed by atoms with E-state index in [0.717, 1.165) is 31.6 Å². The second kappa shape index (κ2) is 7.57. The van der Waals surface area contributed by atoms with E-state index in [1.54, 1.807) is 24.3 Å². The van der Waals surface area contributed by atoms with Crippen molar-refractivity contribution in [3.8, 4) is 0 Å². The number of rotatable bonds is 5. The molecule has 2 N–H and O–H groups in total. The first-order valence-corrected chi connectivity index (χ1v) is 9.69. The Balaban J connectivity index is 1.44. The number of thiazole rings is 1. The van der Waals surface area contributed by atoms with Crippen LogP contribution >= 0.6 is 22.9 Å². The van der Waals surface area contributed by atoms with Crippen LogP contribution in [0, 0.1) is 0 Å². The number of nitrogens with one attached hydrogen (secondary N) is 2. The lowest BCUT2D eigenvalue weighted by Crippen LogP contribution is -2.22. The van der Waals surface area contributed by atoms with Gasteiger partial charge in [-0.1, -0.05) is 17.7 Å². The number of anilines is 1. The van der Waals surface area contributed by atoms with Crippen LogP contribution in [0.3, 0.4) is 0 Å². The molecule has 26 heavy (non-hydrogen) atoms. The Kier molecular flexibility index (Phi) is 5.01. The van der Waals surface area contributed by atoms with Crippen molar-refractivity contribution < 1.29 is 4.79 Å². The van der Waals surface area contributed by atoms with Crippen LogP contribution in [0.25, 0.3) is 0 Å². The average molecular weight is 388 g/mol. The van der Waals surface area contributed by atoms with Crippen molar-refractivity contribution in [1.29, 1.82) is 0 Å². The lowest BCUT2D eigenvalue weighted by molar-refractivity contribution is 0.102. The number of nitrogens with zero attached hydrogens (tertiary/aromatic N) is 3. The fraction of sp³-hybridized carbons (Fsp3) is 0.278. The number of hydrogen-bond donors (Lipinski definition) is 2. The molecule has 1 atom stereocenters. The summed E-state index contributed by atoms with van der Waals surface area (Å²) >= 11 is 7.40. The summed E-state index contributed by atoms with van der Waals surface area (Å²) in [4.78, 5) is 19.4. The van der Waals surface area contributed by atoms with E-state index in [1.165, 1.54) is 16.9 Å². The highest BCUT2D eigenvalue weighted by atomic mass is 35.5.